The maximum absolute atomic E-state index is 13.0. The molecule has 0 N–H and O–H groups in total. The van der Waals surface area contributed by atoms with Crippen LogP contribution in [0.3, 0.4) is 0 Å². The molecule has 2 saturated heterocycles. The van der Waals surface area contributed by atoms with Crippen molar-refractivity contribution in [2.24, 2.45) is 5.92 Å². The van der Waals surface area contributed by atoms with Gasteiger partial charge in [-0.3, -0.25) is 10.1 Å². The van der Waals surface area contributed by atoms with E-state index < -0.39 is 27.4 Å². The Hall–Kier alpha value is -1.54. The van der Waals surface area contributed by atoms with Gasteiger partial charge in [0, 0.05) is 25.8 Å². The Balaban J connectivity index is 1.82. The number of ether oxygens (including phenoxy) is 1. The largest absolute Gasteiger partial charge is 0.418 e. The van der Waals surface area contributed by atoms with Gasteiger partial charge >= 0.3 is 6.18 Å². The minimum atomic E-state index is -4.73. The lowest BCUT2D eigenvalue weighted by Crippen LogP contribution is -2.38. The summed E-state index contributed by atoms with van der Waals surface area (Å²) in [7, 11) is 0. The van der Waals surface area contributed by atoms with Gasteiger partial charge in [0.1, 0.15) is 5.69 Å². The normalized spacial score (nSPS) is 22.4. The quantitative estimate of drug-likeness (QED) is 0.567. The smallest absolute Gasteiger partial charge is 0.378 e. The summed E-state index contributed by atoms with van der Waals surface area (Å²) in [6.45, 7) is 1.84. The zero-order chi connectivity index (χ0) is 18.2. The lowest BCUT2D eigenvalue weighted by molar-refractivity contribution is -0.384. The summed E-state index contributed by atoms with van der Waals surface area (Å²) in [5.41, 5.74) is -1.60. The highest BCUT2D eigenvalue weighted by molar-refractivity contribution is 6.31. The van der Waals surface area contributed by atoms with Crippen molar-refractivity contribution in [1.29, 1.82) is 0 Å². The highest BCUT2D eigenvalue weighted by Gasteiger charge is 2.38. The van der Waals surface area contributed by atoms with Gasteiger partial charge in [-0.2, -0.15) is 13.2 Å². The van der Waals surface area contributed by atoms with Crippen LogP contribution in [0, 0.1) is 16.0 Å². The molecule has 1 atom stereocenters. The van der Waals surface area contributed by atoms with Crippen molar-refractivity contribution in [2.45, 2.75) is 38.0 Å². The maximum atomic E-state index is 13.0. The zero-order valence-electron chi connectivity index (χ0n) is 13.4. The van der Waals surface area contributed by atoms with Crippen LogP contribution in [0.2, 0.25) is 5.02 Å². The molecule has 0 saturated carbocycles. The van der Waals surface area contributed by atoms with E-state index in [1.807, 2.05) is 0 Å². The van der Waals surface area contributed by atoms with E-state index in [4.69, 9.17) is 16.3 Å². The molecule has 2 aliphatic heterocycles. The average Bonchev–Trinajstić information content (AvgIpc) is 3.07. The highest BCUT2D eigenvalue weighted by atomic mass is 35.5. The second-order valence-corrected chi connectivity index (χ2v) is 6.86. The van der Waals surface area contributed by atoms with Crippen LogP contribution in [-0.2, 0) is 10.9 Å². The fourth-order valence-electron chi connectivity index (χ4n) is 3.65. The van der Waals surface area contributed by atoms with Crippen LogP contribution in [0.1, 0.15) is 31.2 Å². The lowest BCUT2D eigenvalue weighted by Gasteiger charge is -2.35. The zero-order valence-corrected chi connectivity index (χ0v) is 14.1. The molecule has 1 aromatic carbocycles. The third kappa shape index (κ3) is 3.84. The van der Waals surface area contributed by atoms with Gasteiger partial charge in [-0.25, -0.2) is 0 Å². The Bertz CT molecular complexity index is 655. The Morgan fingerprint density at radius 1 is 1.24 bits per heavy atom. The number of piperidine rings is 1. The summed E-state index contributed by atoms with van der Waals surface area (Å²) in [5.74, 6) is 0.391. The molecule has 0 amide bonds. The van der Waals surface area contributed by atoms with Crippen molar-refractivity contribution < 1.29 is 22.8 Å². The molecule has 9 heteroatoms. The van der Waals surface area contributed by atoms with Crippen LogP contribution < -0.4 is 4.90 Å². The van der Waals surface area contributed by atoms with Gasteiger partial charge in [-0.05, 0) is 37.7 Å². The first kappa shape index (κ1) is 18.3. The number of rotatable bonds is 3. The second-order valence-electron chi connectivity index (χ2n) is 6.45. The van der Waals surface area contributed by atoms with Gasteiger partial charge in [-0.1, -0.05) is 11.6 Å². The molecule has 0 aromatic heterocycles. The Morgan fingerprint density at radius 2 is 1.92 bits per heavy atom. The molecule has 2 heterocycles. The van der Waals surface area contributed by atoms with Crippen LogP contribution in [0.4, 0.5) is 24.5 Å². The van der Waals surface area contributed by atoms with E-state index in [9.17, 15) is 23.3 Å². The number of hydrogen-bond acceptors (Lipinski definition) is 4. The molecule has 0 spiro atoms. The second kappa shape index (κ2) is 6.99. The molecule has 0 aliphatic carbocycles. The SMILES string of the molecule is O=[N+]([O-])c1cc(C(F)(F)F)c(Cl)cc1N1CCC(C2CCCO2)CC1. The minimum Gasteiger partial charge on any atom is -0.378 e. The molecule has 25 heavy (non-hydrogen) atoms. The molecule has 1 unspecified atom stereocenters. The molecule has 2 aliphatic rings. The minimum absolute atomic E-state index is 0.147. The van der Waals surface area contributed by atoms with E-state index in [-0.39, 0.29) is 11.8 Å². The molecular weight excluding hydrogens is 361 g/mol. The number of hydrogen-bond donors (Lipinski definition) is 0. The summed E-state index contributed by atoms with van der Waals surface area (Å²) in [5, 5.41) is 10.8. The Morgan fingerprint density at radius 3 is 2.44 bits per heavy atom. The van der Waals surface area contributed by atoms with Gasteiger partial charge < -0.3 is 9.64 Å². The van der Waals surface area contributed by atoms with E-state index in [0.717, 1.165) is 38.4 Å². The van der Waals surface area contributed by atoms with E-state index in [1.165, 1.54) is 0 Å². The fourth-order valence-corrected chi connectivity index (χ4v) is 3.92. The van der Waals surface area contributed by atoms with Crippen LogP contribution >= 0.6 is 11.6 Å². The van der Waals surface area contributed by atoms with E-state index in [2.05, 4.69) is 0 Å². The monoisotopic (exact) mass is 378 g/mol. The van der Waals surface area contributed by atoms with Gasteiger partial charge in [0.2, 0.25) is 0 Å². The van der Waals surface area contributed by atoms with Crippen molar-refractivity contribution in [3.63, 3.8) is 0 Å². The van der Waals surface area contributed by atoms with E-state index >= 15 is 0 Å². The predicted octanol–water partition coefficient (Wildman–Crippen LogP) is 4.66. The fraction of sp³-hybridized carbons (Fsp3) is 0.625. The summed E-state index contributed by atoms with van der Waals surface area (Å²) in [6, 6.07) is 1.60. The molecule has 2 fully saturated rings. The first-order valence-corrected chi connectivity index (χ1v) is 8.57. The highest BCUT2D eigenvalue weighted by Crippen LogP contribution is 2.42. The van der Waals surface area contributed by atoms with Crippen molar-refractivity contribution in [3.8, 4) is 0 Å². The standard InChI is InChI=1S/C16H18ClF3N2O3/c17-12-9-13(14(22(23)24)8-11(12)16(18,19)20)21-5-3-10(4-6-21)15-2-1-7-25-15/h8-10,15H,1-7H2. The summed E-state index contributed by atoms with van der Waals surface area (Å²) < 4.78 is 44.6. The first-order valence-electron chi connectivity index (χ1n) is 8.19. The lowest BCUT2D eigenvalue weighted by atomic mass is 9.89. The van der Waals surface area contributed by atoms with E-state index in [1.54, 1.807) is 4.90 Å². The molecule has 0 bridgehead atoms. The van der Waals surface area contributed by atoms with Crippen molar-refractivity contribution in [2.75, 3.05) is 24.6 Å². The number of halogens is 4. The molecule has 138 valence electrons. The van der Waals surface area contributed by atoms with Crippen molar-refractivity contribution in [3.05, 3.63) is 32.8 Å². The maximum Gasteiger partial charge on any atom is 0.418 e. The first-order chi connectivity index (χ1) is 11.8. The van der Waals surface area contributed by atoms with Gasteiger partial charge in [-0.15, -0.1) is 0 Å². The van der Waals surface area contributed by atoms with Crippen molar-refractivity contribution in [1.82, 2.24) is 0 Å². The number of nitrogens with zero attached hydrogens (tertiary/aromatic N) is 2. The average molecular weight is 379 g/mol. The molecule has 1 aromatic rings. The van der Waals surface area contributed by atoms with Crippen LogP contribution in [0.25, 0.3) is 0 Å². The van der Waals surface area contributed by atoms with Crippen LogP contribution in [0.5, 0.6) is 0 Å². The molecule has 3 rings (SSSR count). The van der Waals surface area contributed by atoms with Crippen molar-refractivity contribution >= 4 is 23.0 Å². The van der Waals surface area contributed by atoms with Crippen LogP contribution in [-0.4, -0.2) is 30.7 Å². The molecule has 5 nitrogen and oxygen atoms in total. The van der Waals surface area contributed by atoms with Gasteiger partial charge in [0.25, 0.3) is 5.69 Å². The van der Waals surface area contributed by atoms with E-state index in [0.29, 0.717) is 25.1 Å². The van der Waals surface area contributed by atoms with Gasteiger partial charge in [0.15, 0.2) is 0 Å². The summed E-state index contributed by atoms with van der Waals surface area (Å²) in [6.07, 6.45) is -0.844. The number of nitro groups is 1. The number of nitro benzene ring substituents is 1. The molecular formula is C16H18ClF3N2O3. The number of alkyl halides is 3. The molecule has 0 radical (unpaired) electrons. The number of benzene rings is 1. The third-order valence-electron chi connectivity index (χ3n) is 4.94. The van der Waals surface area contributed by atoms with Gasteiger partial charge in [0.05, 0.1) is 21.6 Å². The third-order valence-corrected chi connectivity index (χ3v) is 5.25. The summed E-state index contributed by atoms with van der Waals surface area (Å²) >= 11 is 5.75. The Labute approximate surface area is 147 Å². The number of anilines is 1. The van der Waals surface area contributed by atoms with Crippen LogP contribution in [0.15, 0.2) is 12.1 Å². The Kier molecular flexibility index (Phi) is 5.11. The topological polar surface area (TPSA) is 55.6 Å². The summed E-state index contributed by atoms with van der Waals surface area (Å²) in [4.78, 5) is 12.2. The predicted molar refractivity (Wildman–Crippen MR) is 87.0 cm³/mol.